The van der Waals surface area contributed by atoms with Gasteiger partial charge in [-0.1, -0.05) is 0 Å². The minimum atomic E-state index is -1.56. The summed E-state index contributed by atoms with van der Waals surface area (Å²) in [7, 11) is 0. The van der Waals surface area contributed by atoms with Gasteiger partial charge in [-0.05, 0) is 41.4 Å². The first kappa shape index (κ1) is 12.9. The maximum Gasteiger partial charge on any atom is 0.146 e. The summed E-state index contributed by atoms with van der Waals surface area (Å²) in [5.41, 5.74) is -1.85. The Kier molecular flexibility index (Phi) is 3.52. The Morgan fingerprint density at radius 1 is 1.47 bits per heavy atom. The highest BCUT2D eigenvalue weighted by Gasteiger charge is 2.40. The average Bonchev–Trinajstić information content (AvgIpc) is 2.77. The minimum absolute atomic E-state index is 0.146. The summed E-state index contributed by atoms with van der Waals surface area (Å²) in [4.78, 5) is 0. The number of benzene rings is 1. The predicted octanol–water partition coefficient (Wildman–Crippen LogP) is 2.97. The van der Waals surface area contributed by atoms with E-state index < -0.39 is 17.2 Å². The molecule has 0 amide bonds. The summed E-state index contributed by atoms with van der Waals surface area (Å²) in [5, 5.41) is 10.4. The molecule has 1 fully saturated rings. The van der Waals surface area contributed by atoms with Crippen LogP contribution in [0, 0.1) is 17.6 Å². The van der Waals surface area contributed by atoms with Crippen LogP contribution in [0.1, 0.15) is 18.9 Å². The number of aliphatic hydroxyl groups is 1. The fourth-order valence-electron chi connectivity index (χ4n) is 2.17. The van der Waals surface area contributed by atoms with E-state index in [-0.39, 0.29) is 16.0 Å². The smallest absolute Gasteiger partial charge is 0.146 e. The highest BCUT2D eigenvalue weighted by molar-refractivity contribution is 9.10. The number of hydrogen-bond acceptors (Lipinski definition) is 2. The van der Waals surface area contributed by atoms with Gasteiger partial charge in [0.05, 0.1) is 22.2 Å². The van der Waals surface area contributed by atoms with Crippen molar-refractivity contribution in [3.63, 3.8) is 0 Å². The van der Waals surface area contributed by atoms with Crippen LogP contribution in [0.5, 0.6) is 0 Å². The Morgan fingerprint density at radius 3 is 2.76 bits per heavy atom. The standard InChI is InChI=1S/C12H13BrF2O2/c1-12(16,7-4-5-17-6-7)10-9(14)3-2-8(13)11(10)15/h2-3,7,16H,4-6H2,1H3. The van der Waals surface area contributed by atoms with Crippen LogP contribution >= 0.6 is 15.9 Å². The number of halogens is 3. The lowest BCUT2D eigenvalue weighted by Crippen LogP contribution is -2.34. The molecule has 2 unspecified atom stereocenters. The molecule has 0 spiro atoms. The molecule has 1 saturated heterocycles. The van der Waals surface area contributed by atoms with Crippen LogP contribution in [-0.2, 0) is 10.3 Å². The van der Waals surface area contributed by atoms with E-state index in [1.807, 2.05) is 0 Å². The molecule has 0 saturated carbocycles. The Balaban J connectivity index is 2.48. The summed E-state index contributed by atoms with van der Waals surface area (Å²) in [6.45, 7) is 2.26. The van der Waals surface area contributed by atoms with Gasteiger partial charge in [-0.3, -0.25) is 0 Å². The van der Waals surface area contributed by atoms with Crippen LogP contribution in [0.4, 0.5) is 8.78 Å². The van der Waals surface area contributed by atoms with Gasteiger partial charge < -0.3 is 9.84 Å². The lowest BCUT2D eigenvalue weighted by molar-refractivity contribution is -0.0157. The van der Waals surface area contributed by atoms with Gasteiger partial charge in [0.15, 0.2) is 0 Å². The van der Waals surface area contributed by atoms with Gasteiger partial charge in [-0.25, -0.2) is 8.78 Å². The van der Waals surface area contributed by atoms with Gasteiger partial charge in [0, 0.05) is 12.5 Å². The van der Waals surface area contributed by atoms with Gasteiger partial charge in [0.2, 0.25) is 0 Å². The largest absolute Gasteiger partial charge is 0.385 e. The fraction of sp³-hybridized carbons (Fsp3) is 0.500. The number of hydrogen-bond donors (Lipinski definition) is 1. The summed E-state index contributed by atoms with van der Waals surface area (Å²) in [6.07, 6.45) is 0.596. The molecule has 1 aliphatic heterocycles. The van der Waals surface area contributed by atoms with Gasteiger partial charge in [0.1, 0.15) is 11.6 Å². The van der Waals surface area contributed by atoms with E-state index in [0.717, 1.165) is 6.07 Å². The van der Waals surface area contributed by atoms with Crippen molar-refractivity contribution in [1.82, 2.24) is 0 Å². The third kappa shape index (κ3) is 2.23. The van der Waals surface area contributed by atoms with E-state index in [1.54, 1.807) is 0 Å². The monoisotopic (exact) mass is 306 g/mol. The molecule has 1 aromatic carbocycles. The second kappa shape index (κ2) is 4.63. The molecule has 5 heteroatoms. The van der Waals surface area contributed by atoms with Crippen LogP contribution in [-0.4, -0.2) is 18.3 Å². The Hall–Kier alpha value is -0.520. The van der Waals surface area contributed by atoms with Gasteiger partial charge in [0.25, 0.3) is 0 Å². The first-order chi connectivity index (χ1) is 7.94. The lowest BCUT2D eigenvalue weighted by Gasteiger charge is -2.30. The van der Waals surface area contributed by atoms with Crippen molar-refractivity contribution >= 4 is 15.9 Å². The molecular weight excluding hydrogens is 294 g/mol. The van der Waals surface area contributed by atoms with E-state index in [1.165, 1.54) is 13.0 Å². The third-order valence-corrected chi connectivity index (χ3v) is 3.89. The second-order valence-corrected chi connectivity index (χ2v) is 5.28. The molecule has 2 atom stereocenters. The lowest BCUT2D eigenvalue weighted by atomic mass is 9.82. The normalized spacial score (nSPS) is 23.7. The molecule has 0 aliphatic carbocycles. The quantitative estimate of drug-likeness (QED) is 0.851. The van der Waals surface area contributed by atoms with Crippen LogP contribution < -0.4 is 0 Å². The summed E-state index contributed by atoms with van der Waals surface area (Å²) >= 11 is 3.00. The maximum atomic E-state index is 13.9. The van der Waals surface area contributed by atoms with Crippen molar-refractivity contribution in [3.05, 3.63) is 33.8 Å². The molecule has 1 aliphatic rings. The number of ether oxygens (including phenoxy) is 1. The van der Waals surface area contributed by atoms with Crippen molar-refractivity contribution in [2.45, 2.75) is 18.9 Å². The van der Waals surface area contributed by atoms with Crippen molar-refractivity contribution < 1.29 is 18.6 Å². The first-order valence-corrected chi connectivity index (χ1v) is 6.18. The molecule has 94 valence electrons. The van der Waals surface area contributed by atoms with E-state index in [9.17, 15) is 13.9 Å². The third-order valence-electron chi connectivity index (χ3n) is 3.27. The highest BCUT2D eigenvalue weighted by atomic mass is 79.9. The van der Waals surface area contributed by atoms with Crippen molar-refractivity contribution in [2.24, 2.45) is 5.92 Å². The van der Waals surface area contributed by atoms with Crippen LogP contribution in [0.2, 0.25) is 0 Å². The second-order valence-electron chi connectivity index (χ2n) is 4.43. The Morgan fingerprint density at radius 2 is 2.18 bits per heavy atom. The molecule has 0 aromatic heterocycles. The zero-order chi connectivity index (χ0) is 12.6. The average molecular weight is 307 g/mol. The Labute approximate surface area is 107 Å². The van der Waals surface area contributed by atoms with Crippen LogP contribution in [0.15, 0.2) is 16.6 Å². The molecule has 1 N–H and O–H groups in total. The SMILES string of the molecule is CC(O)(c1c(F)ccc(Br)c1F)C1CCOC1. The van der Waals surface area contributed by atoms with E-state index in [2.05, 4.69) is 15.9 Å². The van der Waals surface area contributed by atoms with Crippen molar-refractivity contribution in [1.29, 1.82) is 0 Å². The van der Waals surface area contributed by atoms with E-state index in [0.29, 0.717) is 19.6 Å². The minimum Gasteiger partial charge on any atom is -0.385 e. The van der Waals surface area contributed by atoms with Crippen molar-refractivity contribution in [2.75, 3.05) is 13.2 Å². The predicted molar refractivity (Wildman–Crippen MR) is 62.6 cm³/mol. The van der Waals surface area contributed by atoms with E-state index >= 15 is 0 Å². The zero-order valence-electron chi connectivity index (χ0n) is 9.34. The number of rotatable bonds is 2. The summed E-state index contributed by atoms with van der Waals surface area (Å²) in [5.74, 6) is -1.77. The van der Waals surface area contributed by atoms with Crippen molar-refractivity contribution in [3.8, 4) is 0 Å². The molecule has 17 heavy (non-hydrogen) atoms. The molecule has 0 radical (unpaired) electrons. The van der Waals surface area contributed by atoms with Gasteiger partial charge in [-0.15, -0.1) is 0 Å². The summed E-state index contributed by atoms with van der Waals surface area (Å²) < 4.78 is 32.9. The van der Waals surface area contributed by atoms with E-state index in [4.69, 9.17) is 4.74 Å². The fourth-order valence-corrected chi connectivity index (χ4v) is 2.50. The molecule has 0 bridgehead atoms. The van der Waals surface area contributed by atoms with Gasteiger partial charge >= 0.3 is 0 Å². The molecule has 1 aromatic rings. The zero-order valence-corrected chi connectivity index (χ0v) is 10.9. The Bertz CT molecular complexity index is 429. The topological polar surface area (TPSA) is 29.5 Å². The van der Waals surface area contributed by atoms with Gasteiger partial charge in [-0.2, -0.15) is 0 Å². The molecule has 2 rings (SSSR count). The maximum absolute atomic E-state index is 13.9. The molecular formula is C12H13BrF2O2. The highest BCUT2D eigenvalue weighted by Crippen LogP contribution is 2.38. The molecule has 1 heterocycles. The van der Waals surface area contributed by atoms with Crippen LogP contribution in [0.25, 0.3) is 0 Å². The molecule has 2 nitrogen and oxygen atoms in total. The first-order valence-electron chi connectivity index (χ1n) is 5.38. The summed E-state index contributed by atoms with van der Waals surface area (Å²) in [6, 6.07) is 2.43. The van der Waals surface area contributed by atoms with Crippen LogP contribution in [0.3, 0.4) is 0 Å².